The summed E-state index contributed by atoms with van der Waals surface area (Å²) in [5.41, 5.74) is 6.70. The molecule has 130 valence electrons. The SMILES string of the molecule is CC(C)CNC(N)=NCc1ccc(Oc2ccc(F)cc2)nc1.I. The summed E-state index contributed by atoms with van der Waals surface area (Å²) < 4.78 is 18.4. The average Bonchev–Trinajstić information content (AvgIpc) is 2.54. The van der Waals surface area contributed by atoms with Gasteiger partial charge in [-0.2, -0.15) is 0 Å². The van der Waals surface area contributed by atoms with Crippen LogP contribution in [0, 0.1) is 11.7 Å². The van der Waals surface area contributed by atoms with Gasteiger partial charge in [-0.3, -0.25) is 0 Å². The molecule has 0 spiro atoms. The summed E-state index contributed by atoms with van der Waals surface area (Å²) >= 11 is 0. The van der Waals surface area contributed by atoms with Crippen molar-refractivity contribution in [1.82, 2.24) is 10.3 Å². The standard InChI is InChI=1S/C17H21FN4O.HI/c1-12(2)9-21-17(19)22-11-13-3-8-16(20-10-13)23-15-6-4-14(18)5-7-15;/h3-8,10,12H,9,11H2,1-2H3,(H3,19,21,22);1H. The van der Waals surface area contributed by atoms with Crippen LogP contribution in [0.3, 0.4) is 0 Å². The number of rotatable bonds is 6. The molecule has 0 saturated heterocycles. The number of hydrogen-bond donors (Lipinski definition) is 2. The molecule has 24 heavy (non-hydrogen) atoms. The van der Waals surface area contributed by atoms with E-state index in [0.29, 0.717) is 30.1 Å². The first-order chi connectivity index (χ1) is 11.0. The van der Waals surface area contributed by atoms with Crippen molar-refractivity contribution >= 4 is 29.9 Å². The Kier molecular flexibility index (Phi) is 8.45. The van der Waals surface area contributed by atoms with Crippen LogP contribution >= 0.6 is 24.0 Å². The molecule has 0 saturated carbocycles. The van der Waals surface area contributed by atoms with E-state index in [1.165, 1.54) is 12.1 Å². The largest absolute Gasteiger partial charge is 0.439 e. The fourth-order valence-electron chi connectivity index (χ4n) is 1.73. The van der Waals surface area contributed by atoms with Crippen LogP contribution < -0.4 is 15.8 Å². The molecule has 7 heteroatoms. The van der Waals surface area contributed by atoms with Crippen LogP contribution in [-0.2, 0) is 6.54 Å². The maximum Gasteiger partial charge on any atom is 0.219 e. The van der Waals surface area contributed by atoms with E-state index in [0.717, 1.165) is 12.1 Å². The maximum absolute atomic E-state index is 12.8. The molecule has 2 aromatic rings. The summed E-state index contributed by atoms with van der Waals surface area (Å²) in [5, 5.41) is 3.05. The third-order valence-electron chi connectivity index (χ3n) is 2.96. The summed E-state index contributed by atoms with van der Waals surface area (Å²) in [6.07, 6.45) is 1.68. The van der Waals surface area contributed by atoms with Crippen LogP contribution in [0.5, 0.6) is 11.6 Å². The second-order valence-electron chi connectivity index (χ2n) is 5.54. The average molecular weight is 444 g/mol. The number of aromatic nitrogens is 1. The zero-order valence-electron chi connectivity index (χ0n) is 13.7. The van der Waals surface area contributed by atoms with Crippen LogP contribution in [0.15, 0.2) is 47.6 Å². The highest BCUT2D eigenvalue weighted by atomic mass is 127. The van der Waals surface area contributed by atoms with Crippen LogP contribution in [0.2, 0.25) is 0 Å². The van der Waals surface area contributed by atoms with E-state index in [2.05, 4.69) is 29.1 Å². The van der Waals surface area contributed by atoms with Crippen molar-refractivity contribution < 1.29 is 9.13 Å². The Balaban J connectivity index is 0.00000288. The Hall–Kier alpha value is -1.90. The van der Waals surface area contributed by atoms with E-state index in [9.17, 15) is 4.39 Å². The van der Waals surface area contributed by atoms with Crippen molar-refractivity contribution in [2.24, 2.45) is 16.6 Å². The lowest BCUT2D eigenvalue weighted by molar-refractivity contribution is 0.461. The predicted octanol–water partition coefficient (Wildman–Crippen LogP) is 3.69. The third-order valence-corrected chi connectivity index (χ3v) is 2.96. The summed E-state index contributed by atoms with van der Waals surface area (Å²) in [7, 11) is 0. The maximum atomic E-state index is 12.8. The van der Waals surface area contributed by atoms with Crippen LogP contribution in [-0.4, -0.2) is 17.5 Å². The minimum absolute atomic E-state index is 0. The zero-order chi connectivity index (χ0) is 16.7. The highest BCUT2D eigenvalue weighted by Gasteiger charge is 2.01. The molecule has 2 rings (SSSR count). The molecular formula is C17H22FIN4O. The number of nitrogens with two attached hydrogens (primary N) is 1. The fraction of sp³-hybridized carbons (Fsp3) is 0.294. The van der Waals surface area contributed by atoms with E-state index >= 15 is 0 Å². The van der Waals surface area contributed by atoms with Crippen LogP contribution in [0.4, 0.5) is 4.39 Å². The fourth-order valence-corrected chi connectivity index (χ4v) is 1.73. The number of nitrogens with zero attached hydrogens (tertiary/aromatic N) is 2. The van der Waals surface area contributed by atoms with Gasteiger partial charge in [-0.05, 0) is 35.7 Å². The molecule has 0 bridgehead atoms. The van der Waals surface area contributed by atoms with Crippen molar-refractivity contribution in [2.45, 2.75) is 20.4 Å². The molecule has 0 unspecified atom stereocenters. The van der Waals surface area contributed by atoms with Gasteiger partial charge in [0.25, 0.3) is 0 Å². The van der Waals surface area contributed by atoms with E-state index in [1.807, 2.05) is 6.07 Å². The Bertz CT molecular complexity index is 645. The first kappa shape index (κ1) is 20.1. The molecule has 1 aromatic heterocycles. The molecule has 0 amide bonds. The minimum Gasteiger partial charge on any atom is -0.439 e. The second-order valence-corrected chi connectivity index (χ2v) is 5.54. The van der Waals surface area contributed by atoms with Gasteiger partial charge in [0.2, 0.25) is 5.88 Å². The molecule has 0 aliphatic carbocycles. The number of halogens is 2. The van der Waals surface area contributed by atoms with Gasteiger partial charge in [-0.25, -0.2) is 14.4 Å². The number of ether oxygens (including phenoxy) is 1. The Morgan fingerprint density at radius 3 is 2.54 bits per heavy atom. The van der Waals surface area contributed by atoms with Gasteiger partial charge in [-0.1, -0.05) is 19.9 Å². The van der Waals surface area contributed by atoms with Gasteiger partial charge >= 0.3 is 0 Å². The quantitative estimate of drug-likeness (QED) is 0.405. The molecule has 5 nitrogen and oxygen atoms in total. The molecule has 0 aliphatic rings. The highest BCUT2D eigenvalue weighted by Crippen LogP contribution is 2.19. The van der Waals surface area contributed by atoms with E-state index in [-0.39, 0.29) is 29.8 Å². The second kappa shape index (κ2) is 10.1. The monoisotopic (exact) mass is 444 g/mol. The first-order valence-electron chi connectivity index (χ1n) is 7.45. The van der Waals surface area contributed by atoms with E-state index < -0.39 is 0 Å². The Morgan fingerprint density at radius 1 is 1.25 bits per heavy atom. The molecule has 0 radical (unpaired) electrons. The van der Waals surface area contributed by atoms with Gasteiger partial charge in [-0.15, -0.1) is 24.0 Å². The number of benzene rings is 1. The third kappa shape index (κ3) is 7.12. The molecule has 0 fully saturated rings. The number of guanidine groups is 1. The molecule has 0 atom stereocenters. The van der Waals surface area contributed by atoms with E-state index in [1.54, 1.807) is 24.4 Å². The van der Waals surface area contributed by atoms with Gasteiger partial charge in [0, 0.05) is 18.8 Å². The Labute approximate surface area is 158 Å². The summed E-state index contributed by atoms with van der Waals surface area (Å²) in [6.45, 7) is 5.44. The topological polar surface area (TPSA) is 72.5 Å². The number of hydrogen-bond acceptors (Lipinski definition) is 3. The summed E-state index contributed by atoms with van der Waals surface area (Å²) in [6, 6.07) is 9.39. The van der Waals surface area contributed by atoms with E-state index in [4.69, 9.17) is 10.5 Å². The molecule has 1 heterocycles. The lowest BCUT2D eigenvalue weighted by atomic mass is 10.2. The number of aliphatic imine (C=N–C) groups is 1. The van der Waals surface area contributed by atoms with Gasteiger partial charge < -0.3 is 15.8 Å². The minimum atomic E-state index is -0.304. The molecule has 0 aliphatic heterocycles. The van der Waals surface area contributed by atoms with Crippen molar-refractivity contribution in [1.29, 1.82) is 0 Å². The van der Waals surface area contributed by atoms with Crippen molar-refractivity contribution in [3.8, 4) is 11.6 Å². The predicted molar refractivity (Wildman–Crippen MR) is 104 cm³/mol. The van der Waals surface area contributed by atoms with Crippen LogP contribution in [0.1, 0.15) is 19.4 Å². The lowest BCUT2D eigenvalue weighted by Crippen LogP contribution is -2.34. The smallest absolute Gasteiger partial charge is 0.219 e. The highest BCUT2D eigenvalue weighted by molar-refractivity contribution is 14.0. The molecule has 3 N–H and O–H groups in total. The first-order valence-corrected chi connectivity index (χ1v) is 7.45. The number of pyridine rings is 1. The summed E-state index contributed by atoms with van der Waals surface area (Å²) in [4.78, 5) is 8.45. The van der Waals surface area contributed by atoms with Crippen molar-refractivity contribution in [3.63, 3.8) is 0 Å². The Morgan fingerprint density at radius 2 is 1.96 bits per heavy atom. The zero-order valence-corrected chi connectivity index (χ0v) is 16.0. The van der Waals surface area contributed by atoms with Crippen molar-refractivity contribution in [2.75, 3.05) is 6.54 Å². The molecular weight excluding hydrogens is 422 g/mol. The van der Waals surface area contributed by atoms with Gasteiger partial charge in [0.1, 0.15) is 11.6 Å². The number of nitrogens with one attached hydrogen (secondary N) is 1. The normalized spacial score (nSPS) is 11.1. The van der Waals surface area contributed by atoms with Crippen molar-refractivity contribution in [3.05, 3.63) is 54.0 Å². The van der Waals surface area contributed by atoms with Gasteiger partial charge in [0.15, 0.2) is 5.96 Å². The summed E-state index contributed by atoms with van der Waals surface area (Å²) in [5.74, 6) is 1.60. The van der Waals surface area contributed by atoms with Gasteiger partial charge in [0.05, 0.1) is 6.54 Å². The van der Waals surface area contributed by atoms with Crippen LogP contribution in [0.25, 0.3) is 0 Å². The lowest BCUT2D eigenvalue weighted by Gasteiger charge is -2.08. The molecule has 1 aromatic carbocycles.